The third-order valence-corrected chi connectivity index (χ3v) is 4.78. The number of hydrogen-bond acceptors (Lipinski definition) is 6. The quantitative estimate of drug-likeness (QED) is 0.391. The molecule has 0 aliphatic carbocycles. The van der Waals surface area contributed by atoms with Crippen molar-refractivity contribution >= 4 is 10.9 Å². The van der Waals surface area contributed by atoms with E-state index < -0.39 is 11.2 Å². The van der Waals surface area contributed by atoms with Crippen molar-refractivity contribution in [1.29, 1.82) is 5.26 Å². The Morgan fingerprint density at radius 3 is 2.73 bits per heavy atom. The van der Waals surface area contributed by atoms with Gasteiger partial charge in [-0.15, -0.1) is 10.1 Å². The topological polar surface area (TPSA) is 113 Å². The van der Waals surface area contributed by atoms with Gasteiger partial charge in [0.05, 0.1) is 5.56 Å². The van der Waals surface area contributed by atoms with E-state index in [1.165, 1.54) is 0 Å². The molecule has 1 aromatic heterocycles. The van der Waals surface area contributed by atoms with Gasteiger partial charge in [-0.1, -0.05) is 30.3 Å². The van der Waals surface area contributed by atoms with Crippen molar-refractivity contribution < 1.29 is 14.7 Å². The van der Waals surface area contributed by atoms with E-state index in [0.717, 1.165) is 22.9 Å². The van der Waals surface area contributed by atoms with Crippen LogP contribution in [0.15, 0.2) is 54.7 Å². The van der Waals surface area contributed by atoms with E-state index in [1.54, 1.807) is 24.3 Å². The zero-order valence-corrected chi connectivity index (χ0v) is 16.9. The number of nitriles is 1. The van der Waals surface area contributed by atoms with Crippen LogP contribution in [0.5, 0.6) is 5.75 Å². The molecule has 1 unspecified atom stereocenters. The average molecular weight is 408 g/mol. The second-order valence-corrected chi connectivity index (χ2v) is 7.67. The molecule has 2 aromatic carbocycles. The van der Waals surface area contributed by atoms with Crippen molar-refractivity contribution in [1.82, 2.24) is 10.3 Å². The summed E-state index contributed by atoms with van der Waals surface area (Å²) in [4.78, 5) is 19.0. The lowest BCUT2D eigenvalue weighted by atomic mass is 9.94. The first-order valence-electron chi connectivity index (χ1n) is 9.61. The van der Waals surface area contributed by atoms with Crippen molar-refractivity contribution in [3.8, 4) is 11.8 Å². The molecule has 8 nitrogen and oxygen atoms in total. The van der Waals surface area contributed by atoms with Crippen LogP contribution in [0.25, 0.3) is 10.9 Å². The second kappa shape index (κ2) is 9.29. The maximum atomic E-state index is 10.9. The molecule has 0 aliphatic heterocycles. The highest BCUT2D eigenvalue weighted by Gasteiger charge is 2.23. The molecule has 156 valence electrons. The molecule has 0 aliphatic rings. The molecule has 3 aromatic rings. The Kier molecular flexibility index (Phi) is 6.54. The lowest BCUT2D eigenvalue weighted by molar-refractivity contribution is -0.768. The molecule has 0 saturated heterocycles. The minimum Gasteiger partial charge on any atom is -0.490 e. The number of fused-ring (bicyclic) bond motifs is 1. The molecule has 1 heterocycles. The molecule has 3 rings (SSSR count). The Hall–Kier alpha value is -3.57. The van der Waals surface area contributed by atoms with Gasteiger partial charge in [-0.25, -0.2) is 0 Å². The summed E-state index contributed by atoms with van der Waals surface area (Å²) in [7, 11) is 0. The molecule has 8 heteroatoms. The number of nitrogens with zero attached hydrogens (tertiary/aromatic N) is 2. The Morgan fingerprint density at radius 2 is 1.97 bits per heavy atom. The van der Waals surface area contributed by atoms with Gasteiger partial charge < -0.3 is 19.9 Å². The van der Waals surface area contributed by atoms with E-state index in [9.17, 15) is 10.1 Å². The number of H-pyrrole nitrogens is 1. The summed E-state index contributed by atoms with van der Waals surface area (Å²) in [6.45, 7) is 4.22. The minimum atomic E-state index is -0.825. The molecule has 30 heavy (non-hydrogen) atoms. The maximum Gasteiger partial charge on any atom is 0.294 e. The summed E-state index contributed by atoms with van der Waals surface area (Å²) in [5, 5.41) is 23.7. The van der Waals surface area contributed by atoms with E-state index in [-0.39, 0.29) is 18.7 Å². The molecular weight excluding hydrogens is 384 g/mol. The molecule has 2 N–H and O–H groups in total. The predicted molar refractivity (Wildman–Crippen MR) is 113 cm³/mol. The number of aromatic nitrogens is 1. The number of benzene rings is 2. The van der Waals surface area contributed by atoms with Gasteiger partial charge >= 0.3 is 0 Å². The van der Waals surface area contributed by atoms with Gasteiger partial charge in [-0.2, -0.15) is 5.26 Å². The van der Waals surface area contributed by atoms with Gasteiger partial charge in [0.25, 0.3) is 5.09 Å². The Morgan fingerprint density at radius 1 is 1.23 bits per heavy atom. The van der Waals surface area contributed by atoms with Crippen molar-refractivity contribution in [2.75, 3.05) is 13.2 Å². The van der Waals surface area contributed by atoms with Crippen LogP contribution in [0.1, 0.15) is 25.0 Å². The number of aromatic amines is 1. The highest BCUT2D eigenvalue weighted by atomic mass is 17.0. The zero-order chi connectivity index (χ0) is 21.6. The Bertz CT molecular complexity index is 1050. The fourth-order valence-electron chi connectivity index (χ4n) is 3.32. The normalized spacial score (nSPS) is 12.3. The summed E-state index contributed by atoms with van der Waals surface area (Å²) in [5.74, 6) is 0.370. The number of para-hydroxylation sites is 2. The Labute approximate surface area is 174 Å². The molecular formula is C22H24N4O4. The smallest absolute Gasteiger partial charge is 0.294 e. The summed E-state index contributed by atoms with van der Waals surface area (Å²) in [6, 6.07) is 16.8. The standard InChI is InChI=1S/C22H24N4O4/c1-22(2,11-17-13-24-20-9-5-4-8-19(17)20)25-14-18(30-26(27)28)15-29-21-10-6-3-7-16(21)12-23/h3-10,13,18,24-25H,11,14-15H2,1-2H3. The molecule has 1 atom stereocenters. The van der Waals surface area contributed by atoms with Crippen LogP contribution in [0.4, 0.5) is 0 Å². The van der Waals surface area contributed by atoms with Crippen LogP contribution in [-0.4, -0.2) is 34.9 Å². The van der Waals surface area contributed by atoms with Gasteiger partial charge in [0.15, 0.2) is 6.10 Å². The molecule has 0 bridgehead atoms. The lowest BCUT2D eigenvalue weighted by Crippen LogP contribution is -2.47. The predicted octanol–water partition coefficient (Wildman–Crippen LogP) is 3.61. The summed E-state index contributed by atoms with van der Waals surface area (Å²) in [5.41, 5.74) is 2.26. The van der Waals surface area contributed by atoms with Gasteiger partial charge in [0.2, 0.25) is 0 Å². The molecule has 0 fully saturated rings. The Balaban J connectivity index is 1.62. The average Bonchev–Trinajstić information content (AvgIpc) is 3.12. The van der Waals surface area contributed by atoms with E-state index in [2.05, 4.69) is 16.4 Å². The first-order valence-corrected chi connectivity index (χ1v) is 9.61. The molecule has 0 saturated carbocycles. The third-order valence-electron chi connectivity index (χ3n) is 4.78. The van der Waals surface area contributed by atoms with Gasteiger partial charge in [0.1, 0.15) is 18.4 Å². The first-order chi connectivity index (χ1) is 14.4. The largest absolute Gasteiger partial charge is 0.490 e. The van der Waals surface area contributed by atoms with Crippen molar-refractivity contribution in [2.45, 2.75) is 31.9 Å². The van der Waals surface area contributed by atoms with Crippen LogP contribution in [0.2, 0.25) is 0 Å². The third kappa shape index (κ3) is 5.49. The van der Waals surface area contributed by atoms with Crippen LogP contribution >= 0.6 is 0 Å². The lowest BCUT2D eigenvalue weighted by Gasteiger charge is -2.28. The van der Waals surface area contributed by atoms with Crippen LogP contribution in [0, 0.1) is 21.4 Å². The number of hydrogen-bond donors (Lipinski definition) is 2. The number of nitrogens with one attached hydrogen (secondary N) is 2. The van der Waals surface area contributed by atoms with E-state index in [4.69, 9.17) is 14.8 Å². The molecule has 0 amide bonds. The van der Waals surface area contributed by atoms with E-state index >= 15 is 0 Å². The molecule has 0 spiro atoms. The second-order valence-electron chi connectivity index (χ2n) is 7.67. The number of ether oxygens (including phenoxy) is 1. The monoisotopic (exact) mass is 408 g/mol. The van der Waals surface area contributed by atoms with Crippen LogP contribution in [0.3, 0.4) is 0 Å². The van der Waals surface area contributed by atoms with Crippen molar-refractivity contribution in [2.24, 2.45) is 0 Å². The van der Waals surface area contributed by atoms with Gasteiger partial charge in [-0.05, 0) is 44.0 Å². The first kappa shape index (κ1) is 21.1. The zero-order valence-electron chi connectivity index (χ0n) is 16.9. The SMILES string of the molecule is CC(C)(Cc1c[nH]c2ccccc12)NCC(COc1ccccc1C#N)O[N+](=O)[O-]. The van der Waals surface area contributed by atoms with Gasteiger partial charge in [0, 0.05) is 29.2 Å². The van der Waals surface area contributed by atoms with E-state index in [0.29, 0.717) is 11.3 Å². The van der Waals surface area contributed by atoms with Gasteiger partial charge in [-0.3, -0.25) is 0 Å². The summed E-state index contributed by atoms with van der Waals surface area (Å²) < 4.78 is 5.62. The van der Waals surface area contributed by atoms with Crippen LogP contribution in [-0.2, 0) is 11.3 Å². The number of rotatable bonds is 10. The van der Waals surface area contributed by atoms with Crippen LogP contribution < -0.4 is 10.1 Å². The summed E-state index contributed by atoms with van der Waals surface area (Å²) in [6.07, 6.45) is 1.88. The van der Waals surface area contributed by atoms with Crippen molar-refractivity contribution in [3.05, 3.63) is 76.0 Å². The fourth-order valence-corrected chi connectivity index (χ4v) is 3.32. The fraction of sp³-hybridized carbons (Fsp3) is 0.318. The minimum absolute atomic E-state index is 0.0597. The maximum absolute atomic E-state index is 10.9. The van der Waals surface area contributed by atoms with Crippen molar-refractivity contribution in [3.63, 3.8) is 0 Å². The van der Waals surface area contributed by atoms with E-state index in [1.807, 2.05) is 44.3 Å². The highest BCUT2D eigenvalue weighted by molar-refractivity contribution is 5.83. The highest BCUT2D eigenvalue weighted by Crippen LogP contribution is 2.22. The molecule has 0 radical (unpaired) electrons. The summed E-state index contributed by atoms with van der Waals surface area (Å²) >= 11 is 0.